The monoisotopic (exact) mass is 316 g/mol. The molecule has 8 nitrogen and oxygen atoms in total. The molecule has 1 aliphatic heterocycles. The molecule has 0 radical (unpaired) electrons. The Labute approximate surface area is 131 Å². The van der Waals surface area contributed by atoms with Crippen LogP contribution < -0.4 is 10.9 Å². The van der Waals surface area contributed by atoms with Crippen LogP contribution >= 0.6 is 0 Å². The van der Waals surface area contributed by atoms with E-state index in [4.69, 9.17) is 4.42 Å². The molecular formula is C15H16N4O4. The average molecular weight is 316 g/mol. The van der Waals surface area contributed by atoms with Gasteiger partial charge in [0.05, 0.1) is 11.8 Å². The van der Waals surface area contributed by atoms with Gasteiger partial charge in [0.2, 0.25) is 0 Å². The third kappa shape index (κ3) is 3.47. The minimum absolute atomic E-state index is 0.0185. The number of aromatic amines is 1. The van der Waals surface area contributed by atoms with Crippen LogP contribution in [0.1, 0.15) is 33.7 Å². The first-order valence-electron chi connectivity index (χ1n) is 7.31. The van der Waals surface area contributed by atoms with E-state index in [1.165, 1.54) is 24.7 Å². The van der Waals surface area contributed by atoms with Crippen LogP contribution in [0.25, 0.3) is 0 Å². The molecule has 1 aliphatic rings. The largest absolute Gasteiger partial charge is 0.472 e. The molecule has 0 atom stereocenters. The molecule has 0 aromatic carbocycles. The third-order valence-electron chi connectivity index (χ3n) is 3.80. The van der Waals surface area contributed by atoms with E-state index in [0.29, 0.717) is 31.5 Å². The van der Waals surface area contributed by atoms with E-state index in [1.807, 2.05) is 0 Å². The van der Waals surface area contributed by atoms with Crippen LogP contribution in [0.5, 0.6) is 0 Å². The van der Waals surface area contributed by atoms with Gasteiger partial charge in [0.15, 0.2) is 0 Å². The second-order valence-electron chi connectivity index (χ2n) is 5.36. The van der Waals surface area contributed by atoms with Gasteiger partial charge in [-0.05, 0) is 25.0 Å². The molecule has 1 fully saturated rings. The number of hydrogen-bond acceptors (Lipinski definition) is 5. The predicted molar refractivity (Wildman–Crippen MR) is 80.0 cm³/mol. The summed E-state index contributed by atoms with van der Waals surface area (Å²) in [4.78, 5) is 36.9. The predicted octanol–water partition coefficient (Wildman–Crippen LogP) is 0.398. The van der Waals surface area contributed by atoms with Crippen LogP contribution in [0.4, 0.5) is 0 Å². The zero-order valence-electron chi connectivity index (χ0n) is 12.3. The Morgan fingerprint density at radius 3 is 2.65 bits per heavy atom. The highest BCUT2D eigenvalue weighted by Crippen LogP contribution is 2.13. The van der Waals surface area contributed by atoms with Crippen molar-refractivity contribution in [2.24, 2.45) is 0 Å². The first-order chi connectivity index (χ1) is 11.1. The van der Waals surface area contributed by atoms with Gasteiger partial charge in [-0.25, -0.2) is 5.10 Å². The van der Waals surface area contributed by atoms with E-state index >= 15 is 0 Å². The van der Waals surface area contributed by atoms with Crippen LogP contribution in [0.15, 0.2) is 39.9 Å². The van der Waals surface area contributed by atoms with Gasteiger partial charge in [-0.2, -0.15) is 5.10 Å². The summed E-state index contributed by atoms with van der Waals surface area (Å²) in [5.41, 5.74) is 0.355. The Bertz CT molecular complexity index is 725. The molecule has 2 aromatic heterocycles. The van der Waals surface area contributed by atoms with Gasteiger partial charge < -0.3 is 14.6 Å². The first-order valence-corrected chi connectivity index (χ1v) is 7.31. The van der Waals surface area contributed by atoms with Crippen molar-refractivity contribution in [1.29, 1.82) is 0 Å². The van der Waals surface area contributed by atoms with E-state index < -0.39 is 0 Å². The molecule has 23 heavy (non-hydrogen) atoms. The summed E-state index contributed by atoms with van der Waals surface area (Å²) in [6.45, 7) is 1.05. The molecule has 2 aromatic rings. The van der Waals surface area contributed by atoms with E-state index in [2.05, 4.69) is 15.5 Å². The smallest absolute Gasteiger partial charge is 0.274 e. The second kappa shape index (κ2) is 6.47. The molecule has 8 heteroatoms. The molecule has 0 aliphatic carbocycles. The van der Waals surface area contributed by atoms with Crippen molar-refractivity contribution < 1.29 is 14.0 Å². The molecule has 0 bridgehead atoms. The fraction of sp³-hybridized carbons (Fsp3) is 0.333. The number of piperidine rings is 1. The lowest BCUT2D eigenvalue weighted by Gasteiger charge is -2.32. The highest BCUT2D eigenvalue weighted by Gasteiger charge is 2.25. The van der Waals surface area contributed by atoms with Gasteiger partial charge in [0.1, 0.15) is 12.0 Å². The molecule has 2 amide bonds. The van der Waals surface area contributed by atoms with Crippen LogP contribution in [-0.2, 0) is 0 Å². The summed E-state index contributed by atoms with van der Waals surface area (Å²) in [6, 6.07) is 4.31. The van der Waals surface area contributed by atoms with E-state index in [1.54, 1.807) is 11.0 Å². The summed E-state index contributed by atoms with van der Waals surface area (Å²) in [6.07, 6.45) is 4.18. The van der Waals surface area contributed by atoms with Crippen molar-refractivity contribution in [3.05, 3.63) is 52.3 Å². The lowest BCUT2D eigenvalue weighted by atomic mass is 10.0. The van der Waals surface area contributed by atoms with E-state index in [-0.39, 0.29) is 29.1 Å². The number of hydrogen-bond donors (Lipinski definition) is 2. The summed E-state index contributed by atoms with van der Waals surface area (Å²) in [5, 5.41) is 8.93. The number of rotatable bonds is 3. The molecule has 2 N–H and O–H groups in total. The molecule has 0 spiro atoms. The fourth-order valence-electron chi connectivity index (χ4n) is 2.51. The van der Waals surface area contributed by atoms with E-state index in [0.717, 1.165) is 0 Å². The quantitative estimate of drug-likeness (QED) is 0.852. The van der Waals surface area contributed by atoms with Crippen LogP contribution in [0, 0.1) is 0 Å². The van der Waals surface area contributed by atoms with Crippen molar-refractivity contribution in [2.75, 3.05) is 13.1 Å². The minimum Gasteiger partial charge on any atom is -0.472 e. The van der Waals surface area contributed by atoms with Gasteiger partial charge in [-0.1, -0.05) is 0 Å². The van der Waals surface area contributed by atoms with Gasteiger partial charge in [0, 0.05) is 25.2 Å². The van der Waals surface area contributed by atoms with E-state index in [9.17, 15) is 14.4 Å². The van der Waals surface area contributed by atoms with Crippen LogP contribution in [-0.4, -0.2) is 46.0 Å². The molecule has 0 unspecified atom stereocenters. The molecule has 120 valence electrons. The van der Waals surface area contributed by atoms with Crippen molar-refractivity contribution >= 4 is 11.8 Å². The standard InChI is InChI=1S/C15H16N4O4/c20-13-2-1-12(17-18-13)15(22)19-6-3-11(4-7-19)16-14(21)10-5-8-23-9-10/h1-2,5,8-9,11H,3-4,6-7H2,(H,16,21)(H,18,20). The zero-order chi connectivity index (χ0) is 16.2. The number of nitrogens with one attached hydrogen (secondary N) is 2. The number of carbonyl (C=O) groups excluding carboxylic acids is 2. The third-order valence-corrected chi connectivity index (χ3v) is 3.80. The average Bonchev–Trinajstić information content (AvgIpc) is 3.10. The number of furan rings is 1. The van der Waals surface area contributed by atoms with Crippen LogP contribution in [0.3, 0.4) is 0 Å². The van der Waals surface area contributed by atoms with Gasteiger partial charge in [0.25, 0.3) is 17.4 Å². The molecule has 1 saturated heterocycles. The SMILES string of the molecule is O=C(NC1CCN(C(=O)c2ccc(=O)[nH]n2)CC1)c1ccoc1. The van der Waals surface area contributed by atoms with Crippen molar-refractivity contribution in [3.63, 3.8) is 0 Å². The summed E-state index contributed by atoms with van der Waals surface area (Å²) < 4.78 is 4.88. The summed E-state index contributed by atoms with van der Waals surface area (Å²) in [5.74, 6) is -0.397. The Morgan fingerprint density at radius 1 is 1.26 bits per heavy atom. The molecular weight excluding hydrogens is 300 g/mol. The Hall–Kier alpha value is -2.90. The van der Waals surface area contributed by atoms with Crippen molar-refractivity contribution in [1.82, 2.24) is 20.4 Å². The maximum Gasteiger partial charge on any atom is 0.274 e. The minimum atomic E-state index is -0.345. The zero-order valence-corrected chi connectivity index (χ0v) is 12.3. The van der Waals surface area contributed by atoms with Gasteiger partial charge >= 0.3 is 0 Å². The highest BCUT2D eigenvalue weighted by atomic mass is 16.3. The second-order valence-corrected chi connectivity index (χ2v) is 5.36. The number of likely N-dealkylation sites (tertiary alicyclic amines) is 1. The lowest BCUT2D eigenvalue weighted by molar-refractivity contribution is 0.0691. The maximum absolute atomic E-state index is 12.3. The maximum atomic E-state index is 12.3. The van der Waals surface area contributed by atoms with Gasteiger partial charge in [-0.3, -0.25) is 14.4 Å². The molecule has 3 rings (SSSR count). The normalized spacial score (nSPS) is 15.4. The summed E-state index contributed by atoms with van der Waals surface area (Å²) in [7, 11) is 0. The van der Waals surface area contributed by atoms with Crippen molar-refractivity contribution in [2.45, 2.75) is 18.9 Å². The number of carbonyl (C=O) groups is 2. The fourth-order valence-corrected chi connectivity index (χ4v) is 2.51. The number of aromatic nitrogens is 2. The topological polar surface area (TPSA) is 108 Å². The number of H-pyrrole nitrogens is 1. The molecule has 3 heterocycles. The summed E-state index contributed by atoms with van der Waals surface area (Å²) >= 11 is 0. The number of nitrogens with zero attached hydrogens (tertiary/aromatic N) is 2. The Balaban J connectivity index is 1.54. The highest BCUT2D eigenvalue weighted by molar-refractivity contribution is 5.94. The Kier molecular flexibility index (Phi) is 4.22. The Morgan fingerprint density at radius 2 is 2.04 bits per heavy atom. The number of amides is 2. The first kappa shape index (κ1) is 15.0. The van der Waals surface area contributed by atoms with Gasteiger partial charge in [-0.15, -0.1) is 0 Å². The van der Waals surface area contributed by atoms with Crippen molar-refractivity contribution in [3.8, 4) is 0 Å². The molecule has 0 saturated carbocycles. The van der Waals surface area contributed by atoms with Crippen LogP contribution in [0.2, 0.25) is 0 Å². The lowest BCUT2D eigenvalue weighted by Crippen LogP contribution is -2.46.